The van der Waals surface area contributed by atoms with Crippen LogP contribution in [-0.2, 0) is 9.59 Å². The van der Waals surface area contributed by atoms with Gasteiger partial charge in [-0.3, -0.25) is 19.2 Å². The predicted octanol–water partition coefficient (Wildman–Crippen LogP) is 4.75. The smallest absolute Gasteiger partial charge is 0.275 e. The summed E-state index contributed by atoms with van der Waals surface area (Å²) >= 11 is 13.7. The van der Waals surface area contributed by atoms with Gasteiger partial charge in [-0.25, -0.2) is 5.01 Å². The normalized spacial score (nSPS) is 30.4. The van der Waals surface area contributed by atoms with Crippen LogP contribution in [0.1, 0.15) is 34.1 Å². The molecule has 0 radical (unpaired) electrons. The highest BCUT2D eigenvalue weighted by molar-refractivity contribution is 9.12. The van der Waals surface area contributed by atoms with Crippen LogP contribution >= 0.6 is 43.5 Å². The molecule has 2 saturated carbocycles. The van der Waals surface area contributed by atoms with E-state index in [0.717, 1.165) is 16.4 Å². The Morgan fingerprint density at radius 3 is 2.03 bits per heavy atom. The number of nitrogens with zero attached hydrogens (tertiary/aromatic N) is 2. The summed E-state index contributed by atoms with van der Waals surface area (Å²) in [6, 6.07) is 13.8. The number of Topliss-reactive ketones (excluding diaryl/α,β-unsaturated/α-hetero) is 1. The SMILES string of the molecule is C[C@H](C(=O)c1ccccc1)N(C(=O)c1ccccc1Cl)N1C(=O)[C@@H]2[C@H]3C[C@@H]([C@H](Br)[C@@H]3Br)[C@@H]2C1=O. The Hall–Kier alpha value is -2.03. The van der Waals surface area contributed by atoms with Crippen LogP contribution < -0.4 is 0 Å². The summed E-state index contributed by atoms with van der Waals surface area (Å²) in [5.41, 5.74) is 0.501. The number of rotatable bonds is 5. The van der Waals surface area contributed by atoms with Crippen LogP contribution in [0.5, 0.6) is 0 Å². The average Bonchev–Trinajstić information content (AvgIpc) is 3.45. The third-order valence-corrected chi connectivity index (χ3v) is 10.8. The Morgan fingerprint density at radius 1 is 0.941 bits per heavy atom. The zero-order valence-electron chi connectivity index (χ0n) is 18.1. The van der Waals surface area contributed by atoms with Crippen molar-refractivity contribution in [3.05, 3.63) is 70.7 Å². The zero-order valence-corrected chi connectivity index (χ0v) is 22.0. The van der Waals surface area contributed by atoms with Crippen molar-refractivity contribution in [2.75, 3.05) is 0 Å². The van der Waals surface area contributed by atoms with E-state index in [1.165, 1.54) is 13.0 Å². The molecule has 3 amide bonds. The van der Waals surface area contributed by atoms with Gasteiger partial charge in [-0.15, -0.1) is 0 Å². The fraction of sp³-hybridized carbons (Fsp3) is 0.360. The summed E-state index contributed by atoms with van der Waals surface area (Å²) in [6.07, 6.45) is 0.767. The van der Waals surface area contributed by atoms with Gasteiger partial charge in [-0.1, -0.05) is 85.9 Å². The molecule has 176 valence electrons. The lowest BCUT2D eigenvalue weighted by Crippen LogP contribution is -2.57. The van der Waals surface area contributed by atoms with Crippen LogP contribution in [0.25, 0.3) is 0 Å². The van der Waals surface area contributed by atoms with Crippen molar-refractivity contribution < 1.29 is 19.2 Å². The molecule has 1 saturated heterocycles. The second-order valence-electron chi connectivity index (χ2n) is 9.03. The van der Waals surface area contributed by atoms with E-state index in [2.05, 4.69) is 31.9 Å². The highest BCUT2D eigenvalue weighted by atomic mass is 79.9. The number of hydrogen-bond acceptors (Lipinski definition) is 4. The van der Waals surface area contributed by atoms with Crippen molar-refractivity contribution in [3.8, 4) is 0 Å². The lowest BCUT2D eigenvalue weighted by atomic mass is 9.81. The standard InChI is InChI=1S/C25H21Br2ClN2O4/c1-12(22(31)13-7-3-2-4-8-13)29(23(32)14-9-5-6-10-17(14)28)30-24(33)18-15-11-16(19(18)25(30)34)21(27)20(15)26/h2-10,12,15-16,18-21H,11H2,1H3/t12-,15-,16-,18-,19+,20-,21+/m1/s1. The summed E-state index contributed by atoms with van der Waals surface area (Å²) in [4.78, 5) is 54.7. The minimum absolute atomic E-state index is 0.0155. The molecule has 2 aromatic rings. The highest BCUT2D eigenvalue weighted by Crippen LogP contribution is 2.60. The third-order valence-electron chi connectivity index (χ3n) is 7.30. The monoisotopic (exact) mass is 606 g/mol. The number of hydrogen-bond donors (Lipinski definition) is 0. The van der Waals surface area contributed by atoms with E-state index in [9.17, 15) is 19.2 Å². The van der Waals surface area contributed by atoms with Crippen molar-refractivity contribution in [1.29, 1.82) is 0 Å². The molecule has 7 atom stereocenters. The Bertz CT molecular complexity index is 1160. The van der Waals surface area contributed by atoms with Gasteiger partial charge in [0.25, 0.3) is 17.7 Å². The van der Waals surface area contributed by atoms with Crippen molar-refractivity contribution in [2.24, 2.45) is 23.7 Å². The summed E-state index contributed by atoms with van der Waals surface area (Å²) in [5.74, 6) is -2.97. The maximum Gasteiger partial charge on any atom is 0.275 e. The van der Waals surface area contributed by atoms with Crippen molar-refractivity contribution in [3.63, 3.8) is 0 Å². The molecule has 2 aliphatic carbocycles. The Kier molecular flexibility index (Phi) is 6.19. The van der Waals surface area contributed by atoms with Gasteiger partial charge in [0, 0.05) is 15.2 Å². The van der Waals surface area contributed by atoms with Crippen LogP contribution in [0, 0.1) is 23.7 Å². The van der Waals surface area contributed by atoms with Gasteiger partial charge in [0.1, 0.15) is 6.04 Å². The molecule has 1 aliphatic heterocycles. The first-order chi connectivity index (χ1) is 16.2. The largest absolute Gasteiger partial charge is 0.292 e. The van der Waals surface area contributed by atoms with Gasteiger partial charge in [-0.2, -0.15) is 5.01 Å². The molecule has 0 unspecified atom stereocenters. The first kappa shape index (κ1) is 23.7. The minimum Gasteiger partial charge on any atom is -0.292 e. The molecular formula is C25H21Br2ClN2O4. The number of alkyl halides is 2. The fourth-order valence-electron chi connectivity index (χ4n) is 5.70. The van der Waals surface area contributed by atoms with Gasteiger partial charge in [0.15, 0.2) is 5.78 Å². The van der Waals surface area contributed by atoms with Crippen LogP contribution in [0.4, 0.5) is 0 Å². The van der Waals surface area contributed by atoms with E-state index in [-0.39, 0.29) is 37.9 Å². The predicted molar refractivity (Wildman–Crippen MR) is 134 cm³/mol. The Morgan fingerprint density at radius 2 is 1.47 bits per heavy atom. The maximum absolute atomic E-state index is 13.8. The molecule has 1 heterocycles. The third kappa shape index (κ3) is 3.48. The molecule has 9 heteroatoms. The average molecular weight is 609 g/mol. The number of ketones is 1. The number of amides is 3. The molecule has 34 heavy (non-hydrogen) atoms. The minimum atomic E-state index is -1.10. The summed E-state index contributed by atoms with van der Waals surface area (Å²) in [5, 5.41) is 2.12. The molecule has 2 aromatic carbocycles. The summed E-state index contributed by atoms with van der Waals surface area (Å²) < 4.78 is 0. The summed E-state index contributed by atoms with van der Waals surface area (Å²) in [7, 11) is 0. The van der Waals surface area contributed by atoms with E-state index in [1.54, 1.807) is 48.5 Å². The van der Waals surface area contributed by atoms with Crippen LogP contribution in [0.2, 0.25) is 5.02 Å². The zero-order chi connectivity index (χ0) is 24.3. The first-order valence-electron chi connectivity index (χ1n) is 11.1. The van der Waals surface area contributed by atoms with Gasteiger partial charge < -0.3 is 0 Å². The Labute approximate surface area is 218 Å². The molecule has 5 rings (SSSR count). The molecule has 3 fully saturated rings. The molecular weight excluding hydrogens is 588 g/mol. The molecule has 2 bridgehead atoms. The fourth-order valence-corrected chi connectivity index (χ4v) is 7.79. The first-order valence-corrected chi connectivity index (χ1v) is 13.3. The Balaban J connectivity index is 1.57. The topological polar surface area (TPSA) is 74.8 Å². The number of hydrazine groups is 1. The van der Waals surface area contributed by atoms with Crippen LogP contribution in [0.3, 0.4) is 0 Å². The summed E-state index contributed by atoms with van der Waals surface area (Å²) in [6.45, 7) is 1.54. The van der Waals surface area contributed by atoms with E-state index < -0.39 is 35.6 Å². The lowest BCUT2D eigenvalue weighted by Gasteiger charge is -2.35. The van der Waals surface area contributed by atoms with Gasteiger partial charge >= 0.3 is 0 Å². The van der Waals surface area contributed by atoms with E-state index >= 15 is 0 Å². The highest BCUT2D eigenvalue weighted by Gasteiger charge is 2.68. The molecule has 0 spiro atoms. The van der Waals surface area contributed by atoms with Crippen LogP contribution in [0.15, 0.2) is 54.6 Å². The van der Waals surface area contributed by atoms with Gasteiger partial charge in [-0.05, 0) is 37.3 Å². The van der Waals surface area contributed by atoms with E-state index in [0.29, 0.717) is 5.56 Å². The van der Waals surface area contributed by atoms with Crippen molar-refractivity contribution in [2.45, 2.75) is 29.0 Å². The second kappa shape index (κ2) is 8.88. The van der Waals surface area contributed by atoms with E-state index in [4.69, 9.17) is 11.6 Å². The van der Waals surface area contributed by atoms with Crippen molar-refractivity contribution in [1.82, 2.24) is 10.0 Å². The van der Waals surface area contributed by atoms with Crippen LogP contribution in [-0.4, -0.2) is 49.2 Å². The molecule has 0 aromatic heterocycles. The van der Waals surface area contributed by atoms with E-state index in [1.807, 2.05) is 0 Å². The molecule has 0 N–H and O–H groups in total. The maximum atomic E-state index is 13.8. The number of carbonyl (C=O) groups excluding carboxylic acids is 4. The quantitative estimate of drug-likeness (QED) is 0.279. The number of benzene rings is 2. The second-order valence-corrected chi connectivity index (χ2v) is 11.5. The molecule has 3 aliphatic rings. The van der Waals surface area contributed by atoms with Gasteiger partial charge in [0.2, 0.25) is 0 Å². The number of halogens is 3. The number of carbonyl (C=O) groups is 4. The van der Waals surface area contributed by atoms with Gasteiger partial charge in [0.05, 0.1) is 22.4 Å². The number of imide groups is 1. The molecule has 6 nitrogen and oxygen atoms in total. The van der Waals surface area contributed by atoms with Crippen molar-refractivity contribution >= 4 is 67.0 Å². The lowest BCUT2D eigenvalue weighted by molar-refractivity contribution is -0.157. The number of fused-ring (bicyclic) bond motifs is 5.